The van der Waals surface area contributed by atoms with Crippen LogP contribution in [0.15, 0.2) is 77.7 Å². The van der Waals surface area contributed by atoms with Crippen molar-refractivity contribution in [3.63, 3.8) is 0 Å². The average molecular weight is 431 g/mol. The SMILES string of the molecule is CCc1ccc(NC2NC(=O)/C(=C/c3ccc(OCc4cccc(C)c4)cc3)S2)cc1. The number of ether oxygens (including phenoxy) is 1. The van der Waals surface area contributed by atoms with Crippen molar-refractivity contribution in [1.29, 1.82) is 0 Å². The second-order valence-electron chi connectivity index (χ2n) is 7.52. The van der Waals surface area contributed by atoms with Crippen molar-refractivity contribution < 1.29 is 9.53 Å². The number of aryl methyl sites for hydroxylation is 2. The van der Waals surface area contributed by atoms with E-state index in [1.807, 2.05) is 48.5 Å². The molecule has 0 aliphatic carbocycles. The Morgan fingerprint density at radius 1 is 1.03 bits per heavy atom. The molecule has 1 aliphatic heterocycles. The zero-order valence-corrected chi connectivity index (χ0v) is 18.5. The smallest absolute Gasteiger partial charge is 0.260 e. The summed E-state index contributed by atoms with van der Waals surface area (Å²) in [5.74, 6) is 0.745. The highest BCUT2D eigenvalue weighted by Crippen LogP contribution is 2.30. The van der Waals surface area contributed by atoms with Crippen LogP contribution in [0.4, 0.5) is 5.69 Å². The number of hydrogen-bond acceptors (Lipinski definition) is 4. The largest absolute Gasteiger partial charge is 0.489 e. The van der Waals surface area contributed by atoms with Gasteiger partial charge in [-0.2, -0.15) is 0 Å². The molecule has 4 nitrogen and oxygen atoms in total. The van der Waals surface area contributed by atoms with Gasteiger partial charge in [0.15, 0.2) is 5.50 Å². The van der Waals surface area contributed by atoms with E-state index in [1.165, 1.54) is 22.9 Å². The highest BCUT2D eigenvalue weighted by molar-refractivity contribution is 8.05. The van der Waals surface area contributed by atoms with Crippen LogP contribution in [0.2, 0.25) is 0 Å². The minimum Gasteiger partial charge on any atom is -0.489 e. The number of hydrogen-bond donors (Lipinski definition) is 2. The van der Waals surface area contributed by atoms with Gasteiger partial charge in [0.1, 0.15) is 12.4 Å². The zero-order valence-electron chi connectivity index (χ0n) is 17.7. The van der Waals surface area contributed by atoms with Gasteiger partial charge >= 0.3 is 0 Å². The number of thioether (sulfide) groups is 1. The van der Waals surface area contributed by atoms with Crippen LogP contribution in [0.5, 0.6) is 5.75 Å². The third kappa shape index (κ3) is 5.70. The van der Waals surface area contributed by atoms with Crippen molar-refractivity contribution in [3.05, 3.63) is 100.0 Å². The van der Waals surface area contributed by atoms with Crippen molar-refractivity contribution in [2.24, 2.45) is 0 Å². The molecule has 3 aromatic carbocycles. The summed E-state index contributed by atoms with van der Waals surface area (Å²) in [6.45, 7) is 4.74. The molecule has 0 bridgehead atoms. The summed E-state index contributed by atoms with van der Waals surface area (Å²) in [7, 11) is 0. The highest BCUT2D eigenvalue weighted by atomic mass is 32.2. The lowest BCUT2D eigenvalue weighted by Gasteiger charge is -2.12. The van der Waals surface area contributed by atoms with Crippen LogP contribution >= 0.6 is 11.8 Å². The molecule has 1 heterocycles. The fourth-order valence-electron chi connectivity index (χ4n) is 3.33. The number of nitrogens with one attached hydrogen (secondary N) is 2. The van der Waals surface area contributed by atoms with Crippen LogP contribution in [0.1, 0.15) is 29.2 Å². The number of rotatable bonds is 7. The van der Waals surface area contributed by atoms with Crippen molar-refractivity contribution in [1.82, 2.24) is 5.32 Å². The molecule has 0 aromatic heterocycles. The van der Waals surface area contributed by atoms with Gasteiger partial charge in [-0.1, -0.05) is 72.8 Å². The van der Waals surface area contributed by atoms with E-state index in [4.69, 9.17) is 4.74 Å². The first-order valence-corrected chi connectivity index (χ1v) is 11.3. The van der Waals surface area contributed by atoms with Crippen LogP contribution < -0.4 is 15.4 Å². The number of carbonyl (C=O) groups is 1. The van der Waals surface area contributed by atoms with Gasteiger partial charge in [0.25, 0.3) is 5.91 Å². The monoisotopic (exact) mass is 430 g/mol. The Labute approximate surface area is 187 Å². The Hall–Kier alpha value is -3.18. The zero-order chi connectivity index (χ0) is 21.6. The molecule has 1 saturated heterocycles. The Balaban J connectivity index is 1.34. The summed E-state index contributed by atoms with van der Waals surface area (Å²) < 4.78 is 5.88. The number of anilines is 1. The topological polar surface area (TPSA) is 50.4 Å². The van der Waals surface area contributed by atoms with E-state index in [2.05, 4.69) is 54.8 Å². The molecule has 2 N–H and O–H groups in total. The van der Waals surface area contributed by atoms with Gasteiger partial charge in [0.2, 0.25) is 0 Å². The van der Waals surface area contributed by atoms with Crippen molar-refractivity contribution in [2.45, 2.75) is 32.4 Å². The van der Waals surface area contributed by atoms with E-state index in [9.17, 15) is 4.79 Å². The molecule has 158 valence electrons. The Bertz CT molecular complexity index is 1080. The summed E-state index contributed by atoms with van der Waals surface area (Å²) in [5, 5.41) is 6.33. The first-order valence-electron chi connectivity index (χ1n) is 10.4. The van der Waals surface area contributed by atoms with Crippen LogP contribution in [0.25, 0.3) is 6.08 Å². The summed E-state index contributed by atoms with van der Waals surface area (Å²) in [5.41, 5.74) is 5.44. The fraction of sp³-hybridized carbons (Fsp3) is 0.192. The van der Waals surface area contributed by atoms with Crippen LogP contribution in [0.3, 0.4) is 0 Å². The number of carbonyl (C=O) groups excluding carboxylic acids is 1. The van der Waals surface area contributed by atoms with Crippen LogP contribution in [-0.2, 0) is 17.8 Å². The van der Waals surface area contributed by atoms with Gasteiger partial charge in [0.05, 0.1) is 4.91 Å². The summed E-state index contributed by atoms with van der Waals surface area (Å²) in [6.07, 6.45) is 2.92. The van der Waals surface area contributed by atoms with Gasteiger partial charge in [0, 0.05) is 5.69 Å². The second kappa shape index (κ2) is 9.75. The van der Waals surface area contributed by atoms with Crippen LogP contribution in [-0.4, -0.2) is 11.4 Å². The fourth-order valence-corrected chi connectivity index (χ4v) is 4.32. The maximum Gasteiger partial charge on any atom is 0.260 e. The van der Waals surface area contributed by atoms with E-state index < -0.39 is 0 Å². The van der Waals surface area contributed by atoms with Crippen LogP contribution in [0, 0.1) is 6.92 Å². The quantitative estimate of drug-likeness (QED) is 0.470. The first kappa shape index (κ1) is 21.1. The molecule has 0 saturated carbocycles. The molecule has 1 atom stereocenters. The molecule has 1 aliphatic rings. The molecule has 1 unspecified atom stereocenters. The number of amides is 1. The highest BCUT2D eigenvalue weighted by Gasteiger charge is 2.27. The molecule has 1 amide bonds. The lowest BCUT2D eigenvalue weighted by molar-refractivity contribution is -0.116. The maximum atomic E-state index is 12.4. The molecule has 0 spiro atoms. The molecule has 4 rings (SSSR count). The normalized spacial score (nSPS) is 16.9. The van der Waals surface area contributed by atoms with E-state index >= 15 is 0 Å². The predicted molar refractivity (Wildman–Crippen MR) is 129 cm³/mol. The number of benzene rings is 3. The van der Waals surface area contributed by atoms with Gasteiger partial charge < -0.3 is 15.4 Å². The molecular formula is C26H26N2O2S. The molecule has 31 heavy (non-hydrogen) atoms. The third-order valence-corrected chi connectivity index (χ3v) is 6.09. The van der Waals surface area contributed by atoms with E-state index in [0.717, 1.165) is 29.0 Å². The third-order valence-electron chi connectivity index (χ3n) is 5.06. The van der Waals surface area contributed by atoms with E-state index in [-0.39, 0.29) is 11.4 Å². The molecule has 0 radical (unpaired) electrons. The van der Waals surface area contributed by atoms with Crippen molar-refractivity contribution in [2.75, 3.05) is 5.32 Å². The van der Waals surface area contributed by atoms with Gasteiger partial charge in [-0.15, -0.1) is 0 Å². The summed E-state index contributed by atoms with van der Waals surface area (Å²) in [6, 6.07) is 24.4. The molecule has 5 heteroatoms. The van der Waals surface area contributed by atoms with E-state index in [0.29, 0.717) is 11.5 Å². The van der Waals surface area contributed by atoms with E-state index in [1.54, 1.807) is 0 Å². The minimum absolute atomic E-state index is 0.0625. The van der Waals surface area contributed by atoms with Crippen molar-refractivity contribution >= 4 is 29.4 Å². The Morgan fingerprint density at radius 3 is 2.52 bits per heavy atom. The van der Waals surface area contributed by atoms with Gasteiger partial charge in [-0.3, -0.25) is 4.79 Å². The second-order valence-corrected chi connectivity index (χ2v) is 8.67. The molecular weight excluding hydrogens is 404 g/mol. The molecule has 1 fully saturated rings. The average Bonchev–Trinajstić information content (AvgIpc) is 3.12. The molecule has 3 aromatic rings. The van der Waals surface area contributed by atoms with Gasteiger partial charge in [-0.05, 0) is 60.4 Å². The van der Waals surface area contributed by atoms with Gasteiger partial charge in [-0.25, -0.2) is 0 Å². The lowest BCUT2D eigenvalue weighted by atomic mass is 10.1. The predicted octanol–water partition coefficient (Wildman–Crippen LogP) is 5.74. The Morgan fingerprint density at radius 2 is 1.81 bits per heavy atom. The first-order chi connectivity index (χ1) is 15.1. The maximum absolute atomic E-state index is 12.4. The summed E-state index contributed by atoms with van der Waals surface area (Å²) >= 11 is 1.49. The summed E-state index contributed by atoms with van der Waals surface area (Å²) in [4.78, 5) is 13.1. The lowest BCUT2D eigenvalue weighted by Crippen LogP contribution is -2.30. The van der Waals surface area contributed by atoms with Crippen molar-refractivity contribution in [3.8, 4) is 5.75 Å². The minimum atomic E-state index is -0.178. The Kier molecular flexibility index (Phi) is 6.63. The standard InChI is InChI=1S/C26H26N2O2S/c1-3-19-7-11-22(12-8-19)27-26-28-25(29)24(31-26)16-20-9-13-23(14-10-20)30-17-21-6-4-5-18(2)15-21/h4-16,26-27H,3,17H2,1-2H3,(H,28,29)/b24-16-.